The topological polar surface area (TPSA) is 109 Å². The highest BCUT2D eigenvalue weighted by atomic mass is 16.2. The Bertz CT molecular complexity index is 1130. The zero-order chi connectivity index (χ0) is 21.6. The van der Waals surface area contributed by atoms with Gasteiger partial charge in [-0.3, -0.25) is 9.59 Å². The van der Waals surface area contributed by atoms with Crippen LogP contribution in [0.3, 0.4) is 0 Å². The first kappa shape index (κ1) is 20.5. The van der Waals surface area contributed by atoms with Crippen molar-refractivity contribution in [1.29, 1.82) is 0 Å². The molecule has 1 fully saturated rings. The minimum atomic E-state index is -0.395. The lowest BCUT2D eigenvalue weighted by molar-refractivity contribution is -0.117. The minimum Gasteiger partial charge on any atom is -0.325 e. The van der Waals surface area contributed by atoms with Crippen LogP contribution in [0.25, 0.3) is 10.9 Å². The summed E-state index contributed by atoms with van der Waals surface area (Å²) in [6.07, 6.45) is 4.39. The summed E-state index contributed by atoms with van der Waals surface area (Å²) in [6.45, 7) is 1.30. The number of amides is 3. The van der Waals surface area contributed by atoms with Crippen molar-refractivity contribution >= 4 is 34.2 Å². The van der Waals surface area contributed by atoms with Gasteiger partial charge in [0.25, 0.3) is 5.56 Å². The molecule has 0 radical (unpaired) electrons. The molecule has 3 amide bonds. The number of aromatic nitrogens is 3. The van der Waals surface area contributed by atoms with Crippen molar-refractivity contribution in [2.45, 2.75) is 32.2 Å². The molecule has 3 aromatic rings. The van der Waals surface area contributed by atoms with E-state index >= 15 is 0 Å². The molecule has 0 aliphatic carbocycles. The molecule has 160 valence electrons. The van der Waals surface area contributed by atoms with Gasteiger partial charge in [-0.15, -0.1) is 5.10 Å². The number of anilines is 2. The number of carbonyl (C=O) groups is 2. The molecule has 1 saturated heterocycles. The van der Waals surface area contributed by atoms with Gasteiger partial charge in [0.05, 0.1) is 5.39 Å². The Morgan fingerprint density at radius 2 is 1.52 bits per heavy atom. The number of hydrogen-bond donors (Lipinski definition) is 2. The Morgan fingerprint density at radius 3 is 2.23 bits per heavy atom. The average Bonchev–Trinajstić information content (AvgIpc) is 3.07. The zero-order valence-electron chi connectivity index (χ0n) is 17.1. The molecule has 1 aromatic heterocycles. The zero-order valence-corrected chi connectivity index (χ0v) is 17.1. The molecule has 1 aliphatic rings. The maximum Gasteiger partial charge on any atom is 0.321 e. The first-order valence-electron chi connectivity index (χ1n) is 10.4. The highest BCUT2D eigenvalue weighted by Crippen LogP contribution is 2.16. The van der Waals surface area contributed by atoms with Gasteiger partial charge in [-0.2, -0.15) is 0 Å². The van der Waals surface area contributed by atoms with Crippen molar-refractivity contribution < 1.29 is 9.59 Å². The molecule has 9 nitrogen and oxygen atoms in total. The van der Waals surface area contributed by atoms with Gasteiger partial charge in [0.2, 0.25) is 5.91 Å². The second kappa shape index (κ2) is 9.38. The number of benzene rings is 2. The molecule has 1 aliphatic heterocycles. The highest BCUT2D eigenvalue weighted by Gasteiger charge is 2.15. The maximum atomic E-state index is 12.5. The van der Waals surface area contributed by atoms with Gasteiger partial charge in [-0.1, -0.05) is 30.2 Å². The summed E-state index contributed by atoms with van der Waals surface area (Å²) in [5, 5.41) is 13.8. The van der Waals surface area contributed by atoms with E-state index in [1.54, 1.807) is 48.5 Å². The molecule has 31 heavy (non-hydrogen) atoms. The third-order valence-corrected chi connectivity index (χ3v) is 5.24. The van der Waals surface area contributed by atoms with Crippen LogP contribution in [0, 0.1) is 0 Å². The highest BCUT2D eigenvalue weighted by molar-refractivity contribution is 5.92. The quantitative estimate of drug-likeness (QED) is 0.675. The number of hydrogen-bond acceptors (Lipinski definition) is 5. The first-order valence-corrected chi connectivity index (χ1v) is 10.4. The molecule has 2 heterocycles. The Kier molecular flexibility index (Phi) is 6.21. The van der Waals surface area contributed by atoms with Crippen molar-refractivity contribution in [3.8, 4) is 0 Å². The van der Waals surface area contributed by atoms with Crippen molar-refractivity contribution in [1.82, 2.24) is 19.9 Å². The first-order chi connectivity index (χ1) is 15.1. The van der Waals surface area contributed by atoms with Gasteiger partial charge in [0, 0.05) is 24.5 Å². The predicted octanol–water partition coefficient (Wildman–Crippen LogP) is 2.84. The Morgan fingerprint density at radius 1 is 0.871 bits per heavy atom. The lowest BCUT2D eigenvalue weighted by Gasteiger charge is -2.20. The van der Waals surface area contributed by atoms with Gasteiger partial charge in [0.15, 0.2) is 0 Å². The van der Waals surface area contributed by atoms with Gasteiger partial charge >= 0.3 is 6.03 Å². The number of fused-ring (bicyclic) bond motifs is 1. The summed E-state index contributed by atoms with van der Waals surface area (Å²) >= 11 is 0. The number of nitrogens with zero attached hydrogens (tertiary/aromatic N) is 4. The van der Waals surface area contributed by atoms with Gasteiger partial charge in [0.1, 0.15) is 12.1 Å². The molecule has 4 rings (SSSR count). The summed E-state index contributed by atoms with van der Waals surface area (Å²) in [4.78, 5) is 39.1. The van der Waals surface area contributed by atoms with Crippen LogP contribution in [0.15, 0.2) is 53.3 Å². The van der Waals surface area contributed by atoms with E-state index in [-0.39, 0.29) is 18.1 Å². The number of likely N-dealkylation sites (tertiary alicyclic amines) is 1. The van der Waals surface area contributed by atoms with Crippen LogP contribution in [0.4, 0.5) is 16.2 Å². The monoisotopic (exact) mass is 420 g/mol. The number of rotatable bonds is 4. The Hall–Kier alpha value is -3.75. The predicted molar refractivity (Wildman–Crippen MR) is 118 cm³/mol. The molecular weight excluding hydrogens is 396 g/mol. The third kappa shape index (κ3) is 5.06. The molecule has 0 atom stereocenters. The van der Waals surface area contributed by atoms with Gasteiger partial charge in [-0.05, 0) is 49.2 Å². The fourth-order valence-electron chi connectivity index (χ4n) is 3.58. The van der Waals surface area contributed by atoms with Crippen molar-refractivity contribution in [2.75, 3.05) is 23.7 Å². The molecule has 2 N–H and O–H groups in total. The molecule has 0 spiro atoms. The SMILES string of the molecule is O=C(Cn1nnc2ccccc2c1=O)Nc1ccc(NC(=O)N2CCCCCC2)cc1. The largest absolute Gasteiger partial charge is 0.325 e. The molecule has 9 heteroatoms. The van der Waals surface area contributed by atoms with Crippen LogP contribution in [-0.4, -0.2) is 44.9 Å². The van der Waals surface area contributed by atoms with Gasteiger partial charge < -0.3 is 15.5 Å². The van der Waals surface area contributed by atoms with Crippen molar-refractivity contribution in [2.24, 2.45) is 0 Å². The van der Waals surface area contributed by atoms with E-state index in [0.717, 1.165) is 43.5 Å². The lowest BCUT2D eigenvalue weighted by Crippen LogP contribution is -2.35. The van der Waals surface area contributed by atoms with E-state index in [4.69, 9.17) is 0 Å². The fraction of sp³-hybridized carbons (Fsp3) is 0.318. The molecule has 0 saturated carbocycles. The summed E-state index contributed by atoms with van der Waals surface area (Å²) in [5.41, 5.74) is 1.33. The van der Waals surface area contributed by atoms with E-state index < -0.39 is 5.91 Å². The van der Waals surface area contributed by atoms with Crippen LogP contribution in [-0.2, 0) is 11.3 Å². The maximum absolute atomic E-state index is 12.5. The summed E-state index contributed by atoms with van der Waals surface area (Å²) in [7, 11) is 0. The molecule has 2 aromatic carbocycles. The van der Waals surface area contributed by atoms with Gasteiger partial charge in [-0.25, -0.2) is 9.48 Å². The van der Waals surface area contributed by atoms with Crippen LogP contribution in [0.1, 0.15) is 25.7 Å². The van der Waals surface area contributed by atoms with E-state index in [9.17, 15) is 14.4 Å². The van der Waals surface area contributed by atoms with E-state index in [2.05, 4.69) is 20.9 Å². The van der Waals surface area contributed by atoms with E-state index in [1.165, 1.54) is 0 Å². The van der Waals surface area contributed by atoms with E-state index in [1.807, 2.05) is 4.90 Å². The smallest absolute Gasteiger partial charge is 0.321 e. The molecule has 0 unspecified atom stereocenters. The molecular formula is C22H24N6O3. The molecule has 0 bridgehead atoms. The average molecular weight is 420 g/mol. The summed E-state index contributed by atoms with van der Waals surface area (Å²) < 4.78 is 1.04. The number of nitrogens with one attached hydrogen (secondary N) is 2. The number of urea groups is 1. The second-order valence-electron chi connectivity index (χ2n) is 7.53. The Labute approximate surface area is 179 Å². The minimum absolute atomic E-state index is 0.104. The number of carbonyl (C=O) groups excluding carboxylic acids is 2. The third-order valence-electron chi connectivity index (χ3n) is 5.24. The van der Waals surface area contributed by atoms with Crippen LogP contribution >= 0.6 is 0 Å². The summed E-state index contributed by atoms with van der Waals surface area (Å²) in [5.74, 6) is -0.395. The van der Waals surface area contributed by atoms with E-state index in [0.29, 0.717) is 22.3 Å². The van der Waals surface area contributed by atoms with Crippen LogP contribution < -0.4 is 16.2 Å². The van der Waals surface area contributed by atoms with Crippen molar-refractivity contribution in [3.63, 3.8) is 0 Å². The Balaban J connectivity index is 1.35. The summed E-state index contributed by atoms with van der Waals surface area (Å²) in [6, 6.07) is 13.6. The van der Waals surface area contributed by atoms with Crippen molar-refractivity contribution in [3.05, 3.63) is 58.9 Å². The second-order valence-corrected chi connectivity index (χ2v) is 7.53. The lowest BCUT2D eigenvalue weighted by atomic mass is 10.2. The standard InChI is InChI=1S/C22H24N6O3/c29-20(15-28-21(30)18-7-3-4-8-19(18)25-26-28)23-16-9-11-17(12-10-16)24-22(31)27-13-5-1-2-6-14-27/h3-4,7-12H,1-2,5-6,13-15H2,(H,23,29)(H,24,31). The fourth-order valence-corrected chi connectivity index (χ4v) is 3.58. The van der Waals surface area contributed by atoms with Crippen LogP contribution in [0.2, 0.25) is 0 Å². The normalized spacial score (nSPS) is 14.1. The van der Waals surface area contributed by atoms with Crippen LogP contribution in [0.5, 0.6) is 0 Å².